The zero-order valence-electron chi connectivity index (χ0n) is 5.72. The highest BCUT2D eigenvalue weighted by Gasteiger charge is 2.45. The Morgan fingerprint density at radius 2 is 2.36 bits per heavy atom. The van der Waals surface area contributed by atoms with Crippen molar-refractivity contribution in [1.82, 2.24) is 0 Å². The Morgan fingerprint density at radius 3 is 2.55 bits per heavy atom. The molecular weight excluding hydrogens is 191 g/mol. The third-order valence-electron chi connectivity index (χ3n) is 1.73. The molecule has 1 N–H and O–H groups in total. The van der Waals surface area contributed by atoms with Gasteiger partial charge < -0.3 is 9.84 Å². The largest absolute Gasteiger partial charge is 0.454 e. The van der Waals surface area contributed by atoms with E-state index < -0.39 is 10.4 Å². The van der Waals surface area contributed by atoms with Gasteiger partial charge in [-0.15, -0.1) is 23.2 Å². The molecule has 1 heterocycles. The van der Waals surface area contributed by atoms with Crippen LogP contribution in [0.2, 0.25) is 0 Å². The fourth-order valence-electron chi connectivity index (χ4n) is 0.976. The van der Waals surface area contributed by atoms with Gasteiger partial charge in [-0.3, -0.25) is 4.79 Å². The van der Waals surface area contributed by atoms with E-state index in [-0.39, 0.29) is 19.0 Å². The van der Waals surface area contributed by atoms with Crippen molar-refractivity contribution in [3.05, 3.63) is 0 Å². The number of halogens is 2. The lowest BCUT2D eigenvalue weighted by molar-refractivity contribution is -0.150. The minimum atomic E-state index is -1.06. The number of cyclic esters (lactones) is 1. The van der Waals surface area contributed by atoms with E-state index in [1.54, 1.807) is 0 Å². The van der Waals surface area contributed by atoms with Crippen molar-refractivity contribution in [3.8, 4) is 0 Å². The van der Waals surface area contributed by atoms with Crippen LogP contribution in [0.4, 0.5) is 0 Å². The molecule has 1 fully saturated rings. The van der Waals surface area contributed by atoms with E-state index in [1.807, 2.05) is 0 Å². The van der Waals surface area contributed by atoms with Gasteiger partial charge in [0.1, 0.15) is 4.84 Å². The smallest absolute Gasteiger partial charge is 0.306 e. The van der Waals surface area contributed by atoms with Gasteiger partial charge in [-0.05, 0) is 0 Å². The first-order valence-electron chi connectivity index (χ1n) is 3.21. The topological polar surface area (TPSA) is 46.5 Å². The molecule has 11 heavy (non-hydrogen) atoms. The fourth-order valence-corrected chi connectivity index (χ4v) is 1.42. The molecule has 5 heteroatoms. The third kappa shape index (κ3) is 1.60. The Hall–Kier alpha value is 0.01000. The van der Waals surface area contributed by atoms with E-state index in [2.05, 4.69) is 0 Å². The van der Waals surface area contributed by atoms with E-state index in [0.29, 0.717) is 6.42 Å². The number of carbonyl (C=O) groups excluding carboxylic acids is 1. The summed E-state index contributed by atoms with van der Waals surface area (Å²) in [4.78, 5) is 9.81. The van der Waals surface area contributed by atoms with E-state index in [4.69, 9.17) is 33.0 Å². The van der Waals surface area contributed by atoms with Crippen LogP contribution in [0.3, 0.4) is 0 Å². The van der Waals surface area contributed by atoms with Crippen molar-refractivity contribution in [1.29, 1.82) is 0 Å². The van der Waals surface area contributed by atoms with Crippen molar-refractivity contribution >= 4 is 29.2 Å². The Bertz CT molecular complexity index is 171. The lowest BCUT2D eigenvalue weighted by Gasteiger charge is -2.25. The van der Waals surface area contributed by atoms with Gasteiger partial charge in [0, 0.05) is 12.8 Å². The predicted octanol–water partition coefficient (Wildman–Crippen LogP) is 0.858. The second-order valence-corrected chi connectivity index (χ2v) is 3.59. The van der Waals surface area contributed by atoms with E-state index in [1.165, 1.54) is 0 Å². The minimum absolute atomic E-state index is 0.274. The van der Waals surface area contributed by atoms with Crippen LogP contribution in [-0.4, -0.2) is 28.1 Å². The van der Waals surface area contributed by atoms with Gasteiger partial charge in [0.25, 0.3) is 0 Å². The quantitative estimate of drug-likeness (QED) is 0.529. The molecule has 1 saturated heterocycles. The maximum Gasteiger partial charge on any atom is 0.306 e. The van der Waals surface area contributed by atoms with Gasteiger partial charge in [0.2, 0.25) is 0 Å². The SMILES string of the molecule is O=C1CC[C@](CO)(C(Cl)Cl)O1. The highest BCUT2D eigenvalue weighted by molar-refractivity contribution is 6.45. The van der Waals surface area contributed by atoms with Gasteiger partial charge in [0.05, 0.1) is 6.61 Å². The maximum atomic E-state index is 10.7. The van der Waals surface area contributed by atoms with Crippen molar-refractivity contribution in [2.75, 3.05) is 6.61 Å². The molecule has 1 aliphatic rings. The molecule has 0 aromatic rings. The lowest BCUT2D eigenvalue weighted by atomic mass is 10.0. The summed E-state index contributed by atoms with van der Waals surface area (Å²) in [5.74, 6) is -0.356. The first-order chi connectivity index (χ1) is 5.10. The molecule has 0 aliphatic carbocycles. The molecule has 64 valence electrons. The van der Waals surface area contributed by atoms with E-state index >= 15 is 0 Å². The van der Waals surface area contributed by atoms with Crippen LogP contribution in [0.1, 0.15) is 12.8 Å². The number of ether oxygens (including phenoxy) is 1. The second-order valence-electron chi connectivity index (χ2n) is 2.50. The minimum Gasteiger partial charge on any atom is -0.454 e. The van der Waals surface area contributed by atoms with Crippen molar-refractivity contribution in [2.24, 2.45) is 0 Å². The number of alkyl halides is 2. The van der Waals surface area contributed by atoms with Gasteiger partial charge in [-0.1, -0.05) is 0 Å². The number of rotatable bonds is 2. The lowest BCUT2D eigenvalue weighted by Crippen LogP contribution is -2.39. The molecule has 0 unspecified atom stereocenters. The molecule has 0 radical (unpaired) electrons. The van der Waals surface area contributed by atoms with Crippen molar-refractivity contribution in [3.63, 3.8) is 0 Å². The zero-order chi connectivity index (χ0) is 8.48. The van der Waals surface area contributed by atoms with E-state index in [0.717, 1.165) is 0 Å². The van der Waals surface area contributed by atoms with Crippen LogP contribution in [0.25, 0.3) is 0 Å². The number of aliphatic hydroxyl groups is 1. The van der Waals surface area contributed by atoms with Crippen LogP contribution in [-0.2, 0) is 9.53 Å². The summed E-state index contributed by atoms with van der Waals surface area (Å²) in [7, 11) is 0. The van der Waals surface area contributed by atoms with Gasteiger partial charge in [-0.2, -0.15) is 0 Å². The summed E-state index contributed by atoms with van der Waals surface area (Å²) in [5, 5.41) is 8.86. The first kappa shape index (κ1) is 9.10. The summed E-state index contributed by atoms with van der Waals surface area (Å²) in [6.45, 7) is -0.323. The molecule has 1 rings (SSSR count). The molecule has 0 bridgehead atoms. The zero-order valence-corrected chi connectivity index (χ0v) is 7.23. The van der Waals surface area contributed by atoms with Gasteiger partial charge >= 0.3 is 5.97 Å². The second kappa shape index (κ2) is 3.17. The van der Waals surface area contributed by atoms with Crippen LogP contribution >= 0.6 is 23.2 Å². The Morgan fingerprint density at radius 1 is 1.73 bits per heavy atom. The summed E-state index contributed by atoms with van der Waals surface area (Å²) in [6, 6.07) is 0. The maximum absolute atomic E-state index is 10.7. The molecule has 3 nitrogen and oxygen atoms in total. The summed E-state index contributed by atoms with van der Waals surface area (Å²) in [6.07, 6.45) is 0.663. The summed E-state index contributed by atoms with van der Waals surface area (Å²) < 4.78 is 4.81. The Balaban J connectivity index is 2.70. The van der Waals surface area contributed by atoms with Gasteiger partial charge in [0.15, 0.2) is 5.60 Å². The Kier molecular flexibility index (Phi) is 2.62. The number of carbonyl (C=O) groups is 1. The van der Waals surface area contributed by atoms with Crippen LogP contribution in [0.15, 0.2) is 0 Å². The first-order valence-corrected chi connectivity index (χ1v) is 4.09. The molecule has 1 atom stereocenters. The number of aliphatic hydroxyl groups excluding tert-OH is 1. The molecule has 0 spiro atoms. The molecule has 0 saturated carbocycles. The molecular formula is C6H8Cl2O3. The average molecular weight is 199 g/mol. The molecule has 0 aromatic carbocycles. The molecule has 0 amide bonds. The number of hydrogen-bond acceptors (Lipinski definition) is 3. The van der Waals surface area contributed by atoms with Gasteiger partial charge in [-0.25, -0.2) is 0 Å². The van der Waals surface area contributed by atoms with Crippen LogP contribution < -0.4 is 0 Å². The van der Waals surface area contributed by atoms with Crippen molar-refractivity contribution < 1.29 is 14.6 Å². The van der Waals surface area contributed by atoms with E-state index in [9.17, 15) is 4.79 Å². The van der Waals surface area contributed by atoms with Crippen LogP contribution in [0.5, 0.6) is 0 Å². The average Bonchev–Trinajstić information content (AvgIpc) is 2.33. The highest BCUT2D eigenvalue weighted by atomic mass is 35.5. The molecule has 0 aromatic heterocycles. The number of esters is 1. The normalized spacial score (nSPS) is 31.1. The van der Waals surface area contributed by atoms with Crippen LogP contribution in [0, 0.1) is 0 Å². The monoisotopic (exact) mass is 198 g/mol. The summed E-state index contributed by atoms with van der Waals surface area (Å²) in [5.41, 5.74) is -1.06. The molecule has 1 aliphatic heterocycles. The summed E-state index contributed by atoms with van der Waals surface area (Å²) >= 11 is 11.1. The fraction of sp³-hybridized carbons (Fsp3) is 0.833. The predicted molar refractivity (Wildman–Crippen MR) is 40.6 cm³/mol. The van der Waals surface area contributed by atoms with Crippen molar-refractivity contribution in [2.45, 2.75) is 23.3 Å². The highest BCUT2D eigenvalue weighted by Crippen LogP contribution is 2.34. The number of hydrogen-bond donors (Lipinski definition) is 1. The Labute approximate surface area is 74.2 Å². The standard InChI is InChI=1S/C6H8Cl2O3/c7-5(8)6(3-9)2-1-4(10)11-6/h5,9H,1-3H2/t6-/m0/s1. The third-order valence-corrected chi connectivity index (χ3v) is 2.53.